The molecule has 1 aromatic carbocycles. The third kappa shape index (κ3) is 3.95. The van der Waals surface area contributed by atoms with E-state index in [2.05, 4.69) is 0 Å². The summed E-state index contributed by atoms with van der Waals surface area (Å²) >= 11 is 1.87. The van der Waals surface area contributed by atoms with E-state index in [0.717, 1.165) is 0 Å². The fourth-order valence-corrected chi connectivity index (χ4v) is 3.89. The van der Waals surface area contributed by atoms with Crippen LogP contribution in [0.4, 0.5) is 0 Å². The lowest BCUT2D eigenvalue weighted by atomic mass is 9.88. The number of carboxylic acids is 1. The molecule has 1 N–H and O–H groups in total. The molecule has 0 aromatic heterocycles. The molecule has 0 aliphatic carbocycles. The first-order valence-corrected chi connectivity index (χ1v) is 8.92. The Morgan fingerprint density at radius 1 is 1.33 bits per heavy atom. The Balaban J connectivity index is 3.32. The van der Waals surface area contributed by atoms with Crippen LogP contribution in [0.15, 0.2) is 23.1 Å². The third-order valence-electron chi connectivity index (χ3n) is 3.64. The molecular weight excluding hydrogens is 405 g/mol. The van der Waals surface area contributed by atoms with Crippen LogP contribution in [-0.2, 0) is 10.0 Å². The second-order valence-electron chi connectivity index (χ2n) is 6.01. The highest BCUT2D eigenvalue weighted by molar-refractivity contribution is 14.1. The Morgan fingerprint density at radius 3 is 2.29 bits per heavy atom. The summed E-state index contributed by atoms with van der Waals surface area (Å²) in [6.07, 6.45) is 0. The van der Waals surface area contributed by atoms with Crippen LogP contribution in [-0.4, -0.2) is 36.9 Å². The van der Waals surface area contributed by atoms with Gasteiger partial charge in [-0.2, -0.15) is 4.31 Å². The van der Waals surface area contributed by atoms with Gasteiger partial charge in [0, 0.05) is 16.7 Å². The first kappa shape index (κ1) is 18.4. The number of benzene rings is 1. The van der Waals surface area contributed by atoms with Crippen LogP contribution < -0.4 is 0 Å². The van der Waals surface area contributed by atoms with Crippen molar-refractivity contribution in [2.24, 2.45) is 5.41 Å². The maximum absolute atomic E-state index is 12.6. The van der Waals surface area contributed by atoms with Gasteiger partial charge >= 0.3 is 5.97 Å². The van der Waals surface area contributed by atoms with Gasteiger partial charge in [0.05, 0.1) is 10.5 Å². The van der Waals surface area contributed by atoms with Crippen LogP contribution in [0.3, 0.4) is 0 Å². The summed E-state index contributed by atoms with van der Waals surface area (Å²) in [5.41, 5.74) is -0.228. The number of hydrogen-bond donors (Lipinski definition) is 1. The lowest BCUT2D eigenvalue weighted by Crippen LogP contribution is -2.42. The van der Waals surface area contributed by atoms with E-state index in [9.17, 15) is 13.2 Å². The van der Waals surface area contributed by atoms with Gasteiger partial charge in [-0.05, 0) is 53.1 Å². The second kappa shape index (κ2) is 6.21. The quantitative estimate of drug-likeness (QED) is 0.753. The van der Waals surface area contributed by atoms with Crippen LogP contribution in [0.2, 0.25) is 0 Å². The highest BCUT2D eigenvalue weighted by atomic mass is 127. The second-order valence-corrected chi connectivity index (χ2v) is 9.17. The van der Waals surface area contributed by atoms with Gasteiger partial charge in [0.25, 0.3) is 0 Å². The van der Waals surface area contributed by atoms with Gasteiger partial charge in [-0.1, -0.05) is 20.8 Å². The molecule has 0 bridgehead atoms. The summed E-state index contributed by atoms with van der Waals surface area (Å²) in [5.74, 6) is -1.14. The minimum absolute atomic E-state index is 0.00100. The lowest BCUT2D eigenvalue weighted by Gasteiger charge is -2.34. The molecule has 0 fully saturated rings. The number of rotatable bonds is 4. The van der Waals surface area contributed by atoms with Gasteiger partial charge in [-0.25, -0.2) is 13.2 Å². The first-order chi connectivity index (χ1) is 9.39. The third-order valence-corrected chi connectivity index (χ3v) is 6.51. The van der Waals surface area contributed by atoms with Crippen LogP contribution in [0.25, 0.3) is 0 Å². The predicted octanol–water partition coefficient (Wildman–Crippen LogP) is 3.04. The molecule has 0 spiro atoms. The van der Waals surface area contributed by atoms with Crippen molar-refractivity contribution in [2.75, 3.05) is 7.05 Å². The zero-order valence-corrected chi connectivity index (χ0v) is 15.7. The van der Waals surface area contributed by atoms with Gasteiger partial charge in [-0.3, -0.25) is 0 Å². The fourth-order valence-electron chi connectivity index (χ4n) is 1.75. The predicted molar refractivity (Wildman–Crippen MR) is 90.0 cm³/mol. The van der Waals surface area contributed by atoms with Crippen molar-refractivity contribution in [2.45, 2.75) is 38.6 Å². The zero-order valence-electron chi connectivity index (χ0n) is 12.7. The monoisotopic (exact) mass is 425 g/mol. The molecule has 118 valence electrons. The summed E-state index contributed by atoms with van der Waals surface area (Å²) in [4.78, 5) is 11.1. The molecule has 1 atom stereocenters. The zero-order chi connectivity index (χ0) is 16.6. The van der Waals surface area contributed by atoms with Crippen molar-refractivity contribution in [3.63, 3.8) is 0 Å². The standard InChI is InChI=1S/C14H20INO4S/c1-9(14(2,3)4)16(5)21(19,20)10-6-7-12(15)11(8-10)13(17)18/h6-9H,1-5H3,(H,17,18). The van der Waals surface area contributed by atoms with Crippen molar-refractivity contribution >= 4 is 38.6 Å². The van der Waals surface area contributed by atoms with Crippen LogP contribution >= 0.6 is 22.6 Å². The van der Waals surface area contributed by atoms with Crippen molar-refractivity contribution in [1.29, 1.82) is 0 Å². The highest BCUT2D eigenvalue weighted by Gasteiger charge is 2.32. The minimum atomic E-state index is -3.73. The van der Waals surface area contributed by atoms with Gasteiger partial charge in [-0.15, -0.1) is 0 Å². The minimum Gasteiger partial charge on any atom is -0.478 e. The molecule has 21 heavy (non-hydrogen) atoms. The number of sulfonamides is 1. The molecule has 0 heterocycles. The Labute approximate surface area is 139 Å². The number of aromatic carboxylic acids is 1. The van der Waals surface area contributed by atoms with Gasteiger partial charge in [0.2, 0.25) is 10.0 Å². The van der Waals surface area contributed by atoms with E-state index >= 15 is 0 Å². The molecule has 0 radical (unpaired) electrons. The molecule has 0 aliphatic heterocycles. The average molecular weight is 425 g/mol. The molecule has 0 amide bonds. The van der Waals surface area contributed by atoms with E-state index in [1.165, 1.54) is 29.6 Å². The molecule has 0 saturated heterocycles. The van der Waals surface area contributed by atoms with Crippen molar-refractivity contribution in [1.82, 2.24) is 4.31 Å². The SMILES string of the molecule is CC(N(C)S(=O)(=O)c1ccc(I)c(C(=O)O)c1)C(C)(C)C. The van der Waals surface area contributed by atoms with Crippen LogP contribution in [0, 0.1) is 8.99 Å². The van der Waals surface area contributed by atoms with Crippen LogP contribution in [0.1, 0.15) is 38.1 Å². The number of hydrogen-bond acceptors (Lipinski definition) is 3. The first-order valence-electron chi connectivity index (χ1n) is 6.40. The summed E-state index contributed by atoms with van der Waals surface area (Å²) in [7, 11) is -2.21. The number of nitrogens with zero attached hydrogens (tertiary/aromatic N) is 1. The van der Waals surface area contributed by atoms with Crippen molar-refractivity contribution in [3.05, 3.63) is 27.3 Å². The van der Waals surface area contributed by atoms with E-state index in [0.29, 0.717) is 3.57 Å². The summed E-state index contributed by atoms with van der Waals surface area (Å²) in [6, 6.07) is 3.93. The molecule has 1 aromatic rings. The summed E-state index contributed by atoms with van der Waals surface area (Å²) in [5, 5.41) is 9.12. The number of halogens is 1. The van der Waals surface area contributed by atoms with Gasteiger partial charge in [0.1, 0.15) is 0 Å². The number of carbonyl (C=O) groups is 1. The van der Waals surface area contributed by atoms with Gasteiger partial charge in [0.15, 0.2) is 0 Å². The Hall–Kier alpha value is -0.670. The van der Waals surface area contributed by atoms with E-state index in [-0.39, 0.29) is 21.9 Å². The molecule has 0 aliphatic rings. The normalized spacial score (nSPS) is 14.2. The summed E-state index contributed by atoms with van der Waals surface area (Å²) in [6.45, 7) is 7.71. The lowest BCUT2D eigenvalue weighted by molar-refractivity contribution is 0.0695. The van der Waals surface area contributed by atoms with Crippen molar-refractivity contribution < 1.29 is 18.3 Å². The molecule has 5 nitrogen and oxygen atoms in total. The molecule has 0 saturated carbocycles. The fraction of sp³-hybridized carbons (Fsp3) is 0.500. The Kier molecular flexibility index (Phi) is 5.44. The maximum Gasteiger partial charge on any atom is 0.336 e. The van der Waals surface area contributed by atoms with E-state index in [1.54, 1.807) is 0 Å². The highest BCUT2D eigenvalue weighted by Crippen LogP contribution is 2.28. The molecular formula is C14H20INO4S. The largest absolute Gasteiger partial charge is 0.478 e. The van der Waals surface area contributed by atoms with E-state index < -0.39 is 16.0 Å². The summed E-state index contributed by atoms with van der Waals surface area (Å²) < 4.78 is 27.1. The Bertz CT molecular complexity index is 649. The molecule has 1 unspecified atom stereocenters. The smallest absolute Gasteiger partial charge is 0.336 e. The van der Waals surface area contributed by atoms with Crippen LogP contribution in [0.5, 0.6) is 0 Å². The topological polar surface area (TPSA) is 74.7 Å². The van der Waals surface area contributed by atoms with E-state index in [4.69, 9.17) is 5.11 Å². The van der Waals surface area contributed by atoms with E-state index in [1.807, 2.05) is 50.3 Å². The average Bonchev–Trinajstić information content (AvgIpc) is 2.35. The number of carboxylic acid groups (broad SMARTS) is 1. The maximum atomic E-state index is 12.6. The Morgan fingerprint density at radius 2 is 1.86 bits per heavy atom. The molecule has 1 rings (SSSR count). The van der Waals surface area contributed by atoms with Gasteiger partial charge < -0.3 is 5.11 Å². The van der Waals surface area contributed by atoms with Crippen molar-refractivity contribution in [3.8, 4) is 0 Å². The molecule has 7 heteroatoms.